The van der Waals surface area contributed by atoms with E-state index in [-0.39, 0.29) is 5.91 Å². The van der Waals surface area contributed by atoms with Gasteiger partial charge in [-0.15, -0.1) is 0 Å². The number of fused-ring (bicyclic) bond motifs is 1. The first-order chi connectivity index (χ1) is 16.3. The summed E-state index contributed by atoms with van der Waals surface area (Å²) in [5, 5.41) is 3.14. The van der Waals surface area contributed by atoms with Crippen molar-refractivity contribution < 1.29 is 9.53 Å². The van der Waals surface area contributed by atoms with Crippen LogP contribution >= 0.6 is 0 Å². The molecule has 7 nitrogen and oxygen atoms in total. The third-order valence-corrected chi connectivity index (χ3v) is 6.97. The molecule has 0 aliphatic carbocycles. The smallest absolute Gasteiger partial charge is 0.252 e. The number of amides is 1. The number of nitrogens with one attached hydrogen (secondary N) is 1. The predicted molar refractivity (Wildman–Crippen MR) is 128 cm³/mol. The van der Waals surface area contributed by atoms with E-state index in [1.807, 2.05) is 12.4 Å². The standard InChI is InChI=1S/C26H33N5O2/c32-26(22-15-24-25(27-17-22)31(19-29-24)23-9-13-33-14-10-23)28-16-21-7-4-11-30(18-21)12-8-20-5-2-1-3-6-20/h1-3,5-6,15,17,19,21,23H,4,7-14,16,18H2,(H,28,32). The second-order valence-corrected chi connectivity index (χ2v) is 9.32. The minimum Gasteiger partial charge on any atom is -0.381 e. The molecule has 0 spiro atoms. The lowest BCUT2D eigenvalue weighted by atomic mass is 9.97. The van der Waals surface area contributed by atoms with Crippen LogP contribution in [0.5, 0.6) is 0 Å². The molecule has 3 aromatic rings. The number of aromatic nitrogens is 3. The molecule has 2 aliphatic heterocycles. The number of hydrogen-bond donors (Lipinski definition) is 1. The molecule has 1 unspecified atom stereocenters. The van der Waals surface area contributed by atoms with Gasteiger partial charge in [-0.1, -0.05) is 30.3 Å². The van der Waals surface area contributed by atoms with Crippen LogP contribution in [0.25, 0.3) is 11.2 Å². The topological polar surface area (TPSA) is 72.3 Å². The Hall–Kier alpha value is -2.77. The van der Waals surface area contributed by atoms with E-state index in [9.17, 15) is 4.79 Å². The summed E-state index contributed by atoms with van der Waals surface area (Å²) in [6.07, 6.45) is 8.90. The molecule has 0 radical (unpaired) electrons. The van der Waals surface area contributed by atoms with E-state index in [1.165, 1.54) is 12.0 Å². The van der Waals surface area contributed by atoms with Crippen molar-refractivity contribution in [2.75, 3.05) is 39.4 Å². The van der Waals surface area contributed by atoms with Gasteiger partial charge in [0.2, 0.25) is 0 Å². The summed E-state index contributed by atoms with van der Waals surface area (Å²) in [6, 6.07) is 12.9. The first kappa shape index (κ1) is 22.0. The highest BCUT2D eigenvalue weighted by atomic mass is 16.5. The van der Waals surface area contributed by atoms with Crippen molar-refractivity contribution in [2.24, 2.45) is 5.92 Å². The lowest BCUT2D eigenvalue weighted by Crippen LogP contribution is -2.41. The summed E-state index contributed by atoms with van der Waals surface area (Å²) in [7, 11) is 0. The van der Waals surface area contributed by atoms with Crippen LogP contribution in [-0.4, -0.2) is 64.7 Å². The van der Waals surface area contributed by atoms with Gasteiger partial charge in [0.1, 0.15) is 5.52 Å². The Morgan fingerprint density at radius 3 is 2.82 bits per heavy atom. The fraction of sp³-hybridized carbons (Fsp3) is 0.500. The van der Waals surface area contributed by atoms with Crippen molar-refractivity contribution in [1.82, 2.24) is 24.8 Å². The van der Waals surface area contributed by atoms with Gasteiger partial charge in [-0.25, -0.2) is 9.97 Å². The number of nitrogens with zero attached hydrogens (tertiary/aromatic N) is 4. The van der Waals surface area contributed by atoms with Crippen molar-refractivity contribution in [2.45, 2.75) is 38.1 Å². The number of carbonyl (C=O) groups is 1. The number of piperidine rings is 1. The Kier molecular flexibility index (Phi) is 6.98. The van der Waals surface area contributed by atoms with E-state index < -0.39 is 0 Å². The Bertz CT molecular complexity index is 1060. The first-order valence-corrected chi connectivity index (χ1v) is 12.2. The fourth-order valence-corrected chi connectivity index (χ4v) is 5.07. The second-order valence-electron chi connectivity index (χ2n) is 9.32. The van der Waals surface area contributed by atoms with Gasteiger partial charge in [0.15, 0.2) is 5.65 Å². The van der Waals surface area contributed by atoms with Gasteiger partial charge in [0, 0.05) is 45.1 Å². The Morgan fingerprint density at radius 2 is 1.97 bits per heavy atom. The van der Waals surface area contributed by atoms with Gasteiger partial charge in [-0.3, -0.25) is 4.79 Å². The number of rotatable bonds is 7. The molecule has 7 heteroatoms. The summed E-state index contributed by atoms with van der Waals surface area (Å²) in [4.78, 5) is 24.5. The van der Waals surface area contributed by atoms with E-state index in [0.717, 1.165) is 69.7 Å². The molecule has 1 aromatic carbocycles. The average molecular weight is 448 g/mol. The Morgan fingerprint density at radius 1 is 1.12 bits per heavy atom. The number of likely N-dealkylation sites (tertiary alicyclic amines) is 1. The minimum atomic E-state index is -0.0635. The van der Waals surface area contributed by atoms with Crippen molar-refractivity contribution in [3.63, 3.8) is 0 Å². The molecule has 1 N–H and O–H groups in total. The monoisotopic (exact) mass is 447 g/mol. The molecule has 5 rings (SSSR count). The quantitative estimate of drug-likeness (QED) is 0.601. The van der Waals surface area contributed by atoms with Crippen LogP contribution in [0.4, 0.5) is 0 Å². The van der Waals surface area contributed by atoms with E-state index in [4.69, 9.17) is 4.74 Å². The minimum absolute atomic E-state index is 0.0635. The summed E-state index contributed by atoms with van der Waals surface area (Å²) in [5.74, 6) is 0.425. The van der Waals surface area contributed by atoms with Crippen molar-refractivity contribution in [1.29, 1.82) is 0 Å². The lowest BCUT2D eigenvalue weighted by molar-refractivity contribution is 0.0704. The zero-order valence-corrected chi connectivity index (χ0v) is 19.2. The van der Waals surface area contributed by atoms with Gasteiger partial charge < -0.3 is 19.5 Å². The fourth-order valence-electron chi connectivity index (χ4n) is 5.07. The molecular formula is C26H33N5O2. The first-order valence-electron chi connectivity index (χ1n) is 12.2. The van der Waals surface area contributed by atoms with Gasteiger partial charge in [0.05, 0.1) is 11.9 Å². The average Bonchev–Trinajstić information content (AvgIpc) is 3.31. The van der Waals surface area contributed by atoms with Crippen LogP contribution in [-0.2, 0) is 11.2 Å². The molecule has 2 fully saturated rings. The summed E-state index contributed by atoms with van der Waals surface area (Å²) >= 11 is 0. The number of imidazole rings is 1. The summed E-state index contributed by atoms with van der Waals surface area (Å²) in [5.41, 5.74) is 3.59. The maximum Gasteiger partial charge on any atom is 0.252 e. The van der Waals surface area contributed by atoms with Crippen molar-refractivity contribution in [3.05, 3.63) is 60.0 Å². The molecule has 0 bridgehead atoms. The highest BCUT2D eigenvalue weighted by Gasteiger charge is 2.22. The number of carbonyl (C=O) groups excluding carboxylic acids is 1. The molecular weight excluding hydrogens is 414 g/mol. The Balaban J connectivity index is 1.14. The van der Waals surface area contributed by atoms with Crippen LogP contribution in [0.1, 0.15) is 47.6 Å². The largest absolute Gasteiger partial charge is 0.381 e. The summed E-state index contributed by atoms with van der Waals surface area (Å²) in [6.45, 7) is 5.51. The molecule has 0 saturated carbocycles. The molecule has 33 heavy (non-hydrogen) atoms. The predicted octanol–water partition coefficient (Wildman–Crippen LogP) is 3.47. The highest BCUT2D eigenvalue weighted by Crippen LogP contribution is 2.25. The molecule has 1 amide bonds. The lowest BCUT2D eigenvalue weighted by Gasteiger charge is -2.32. The molecule has 174 valence electrons. The van der Waals surface area contributed by atoms with Crippen molar-refractivity contribution >= 4 is 17.1 Å². The highest BCUT2D eigenvalue weighted by molar-refractivity contribution is 5.96. The van der Waals surface area contributed by atoms with E-state index in [2.05, 4.69) is 55.1 Å². The normalized spacial score (nSPS) is 20.2. The number of pyridine rings is 1. The number of hydrogen-bond acceptors (Lipinski definition) is 5. The molecule has 2 saturated heterocycles. The van der Waals surface area contributed by atoms with Gasteiger partial charge >= 0.3 is 0 Å². The van der Waals surface area contributed by atoms with E-state index in [1.54, 1.807) is 6.20 Å². The SMILES string of the molecule is O=C(NCC1CCCN(CCc2ccccc2)C1)c1cnc2c(c1)ncn2C1CCOCC1. The van der Waals surface area contributed by atoms with Gasteiger partial charge in [0.25, 0.3) is 5.91 Å². The number of ether oxygens (including phenoxy) is 1. The maximum atomic E-state index is 12.8. The van der Waals surface area contributed by atoms with Gasteiger partial charge in [-0.05, 0) is 56.2 Å². The molecule has 1 atom stereocenters. The van der Waals surface area contributed by atoms with Crippen LogP contribution < -0.4 is 5.32 Å². The zero-order valence-electron chi connectivity index (χ0n) is 19.2. The molecule has 4 heterocycles. The van der Waals surface area contributed by atoms with Crippen LogP contribution in [0.15, 0.2) is 48.9 Å². The zero-order chi connectivity index (χ0) is 22.5. The molecule has 2 aliphatic rings. The van der Waals surface area contributed by atoms with Crippen LogP contribution in [0.2, 0.25) is 0 Å². The second kappa shape index (κ2) is 10.4. The Labute approximate surface area is 195 Å². The third-order valence-electron chi connectivity index (χ3n) is 6.97. The van der Waals surface area contributed by atoms with E-state index >= 15 is 0 Å². The maximum absolute atomic E-state index is 12.8. The van der Waals surface area contributed by atoms with Crippen LogP contribution in [0.3, 0.4) is 0 Å². The number of benzene rings is 1. The van der Waals surface area contributed by atoms with Crippen molar-refractivity contribution in [3.8, 4) is 0 Å². The van der Waals surface area contributed by atoms with E-state index in [0.29, 0.717) is 24.1 Å². The van der Waals surface area contributed by atoms with Gasteiger partial charge in [-0.2, -0.15) is 0 Å². The third kappa shape index (κ3) is 5.42. The summed E-state index contributed by atoms with van der Waals surface area (Å²) < 4.78 is 7.60. The van der Waals surface area contributed by atoms with Crippen LogP contribution in [0, 0.1) is 5.92 Å². The molecule has 2 aromatic heterocycles.